The van der Waals surface area contributed by atoms with Crippen LogP contribution in [0.15, 0.2) is 36.5 Å². The third-order valence-electron chi connectivity index (χ3n) is 2.27. The van der Waals surface area contributed by atoms with E-state index in [0.717, 1.165) is 11.1 Å². The van der Waals surface area contributed by atoms with Gasteiger partial charge >= 0.3 is 0 Å². The average molecular weight is 250 g/mol. The van der Waals surface area contributed by atoms with Gasteiger partial charge in [-0.25, -0.2) is 9.97 Å². The highest BCUT2D eigenvalue weighted by molar-refractivity contribution is 6.28. The number of halogens is 1. The summed E-state index contributed by atoms with van der Waals surface area (Å²) >= 11 is 5.68. The fourth-order valence-electron chi connectivity index (χ4n) is 1.46. The van der Waals surface area contributed by atoms with Crippen molar-refractivity contribution in [2.24, 2.45) is 0 Å². The molecule has 1 aromatic carbocycles. The van der Waals surface area contributed by atoms with Crippen molar-refractivity contribution < 1.29 is 5.11 Å². The summed E-state index contributed by atoms with van der Waals surface area (Å²) in [6.07, 6.45) is 1.60. The van der Waals surface area contributed by atoms with Crippen molar-refractivity contribution in [3.63, 3.8) is 0 Å². The van der Waals surface area contributed by atoms with E-state index in [2.05, 4.69) is 15.3 Å². The van der Waals surface area contributed by atoms with Crippen molar-refractivity contribution in [1.82, 2.24) is 9.97 Å². The molecule has 0 saturated carbocycles. The normalized spacial score (nSPS) is 10.2. The van der Waals surface area contributed by atoms with E-state index in [0.29, 0.717) is 12.4 Å². The number of rotatable bonds is 4. The van der Waals surface area contributed by atoms with E-state index in [1.165, 1.54) is 0 Å². The monoisotopic (exact) mass is 249 g/mol. The van der Waals surface area contributed by atoms with Crippen LogP contribution in [0.5, 0.6) is 0 Å². The van der Waals surface area contributed by atoms with Gasteiger partial charge in [-0.2, -0.15) is 0 Å². The van der Waals surface area contributed by atoms with Crippen molar-refractivity contribution in [3.05, 3.63) is 52.9 Å². The summed E-state index contributed by atoms with van der Waals surface area (Å²) in [6.45, 7) is 0.675. The number of hydrogen-bond donors (Lipinski definition) is 2. The van der Waals surface area contributed by atoms with Gasteiger partial charge in [0.05, 0.1) is 6.61 Å². The number of aliphatic hydroxyl groups is 1. The Balaban J connectivity index is 2.02. The summed E-state index contributed by atoms with van der Waals surface area (Å²) in [5, 5.41) is 12.4. The van der Waals surface area contributed by atoms with Gasteiger partial charge in [0.2, 0.25) is 5.28 Å². The van der Waals surface area contributed by atoms with Crippen molar-refractivity contribution in [2.45, 2.75) is 13.2 Å². The molecule has 88 valence electrons. The first kappa shape index (κ1) is 11.8. The molecule has 0 radical (unpaired) electrons. The minimum absolute atomic E-state index is 0.0488. The molecule has 0 fully saturated rings. The van der Waals surface area contributed by atoms with E-state index in [1.54, 1.807) is 12.3 Å². The van der Waals surface area contributed by atoms with Crippen LogP contribution in [0.4, 0.5) is 5.82 Å². The molecule has 5 heteroatoms. The van der Waals surface area contributed by atoms with Gasteiger partial charge < -0.3 is 10.4 Å². The Bertz CT molecular complexity index is 505. The lowest BCUT2D eigenvalue weighted by atomic mass is 10.1. The molecule has 0 spiro atoms. The van der Waals surface area contributed by atoms with Gasteiger partial charge in [0.15, 0.2) is 0 Å². The molecule has 1 aromatic heterocycles. The second-order valence-electron chi connectivity index (χ2n) is 3.54. The largest absolute Gasteiger partial charge is 0.392 e. The van der Waals surface area contributed by atoms with Crippen LogP contribution in [0.3, 0.4) is 0 Å². The Morgan fingerprint density at radius 2 is 2.06 bits per heavy atom. The Morgan fingerprint density at radius 1 is 1.24 bits per heavy atom. The molecule has 2 N–H and O–H groups in total. The quantitative estimate of drug-likeness (QED) is 0.816. The molecule has 2 aromatic rings. The Hall–Kier alpha value is -1.65. The summed E-state index contributed by atoms with van der Waals surface area (Å²) in [5.41, 5.74) is 1.97. The molecule has 0 aliphatic rings. The lowest BCUT2D eigenvalue weighted by Crippen LogP contribution is -2.02. The molecule has 4 nitrogen and oxygen atoms in total. The Kier molecular flexibility index (Phi) is 3.90. The number of benzene rings is 1. The third-order valence-corrected chi connectivity index (χ3v) is 2.46. The van der Waals surface area contributed by atoms with Crippen molar-refractivity contribution in [3.8, 4) is 0 Å². The predicted molar refractivity (Wildman–Crippen MR) is 66.7 cm³/mol. The third kappa shape index (κ3) is 3.41. The number of nitrogens with zero attached hydrogens (tertiary/aromatic N) is 2. The van der Waals surface area contributed by atoms with Crippen molar-refractivity contribution in [2.75, 3.05) is 5.32 Å². The summed E-state index contributed by atoms with van der Waals surface area (Å²) in [7, 11) is 0. The molecule has 0 saturated heterocycles. The van der Waals surface area contributed by atoms with Gasteiger partial charge in [-0.15, -0.1) is 0 Å². The second kappa shape index (κ2) is 5.61. The van der Waals surface area contributed by atoms with Crippen LogP contribution in [0.25, 0.3) is 0 Å². The summed E-state index contributed by atoms with van der Waals surface area (Å²) in [4.78, 5) is 7.83. The van der Waals surface area contributed by atoms with Gasteiger partial charge in [0, 0.05) is 12.7 Å². The van der Waals surface area contributed by atoms with E-state index in [9.17, 15) is 0 Å². The lowest BCUT2D eigenvalue weighted by Gasteiger charge is -2.06. The molecule has 0 amide bonds. The highest BCUT2D eigenvalue weighted by Crippen LogP contribution is 2.10. The van der Waals surface area contributed by atoms with E-state index >= 15 is 0 Å². The Labute approximate surface area is 104 Å². The molecule has 2 rings (SSSR count). The molecule has 1 heterocycles. The minimum Gasteiger partial charge on any atom is -0.392 e. The second-order valence-corrected chi connectivity index (χ2v) is 3.88. The number of anilines is 1. The average Bonchev–Trinajstić information content (AvgIpc) is 2.37. The number of nitrogens with one attached hydrogen (secondary N) is 1. The number of aliphatic hydroxyl groups excluding tert-OH is 1. The van der Waals surface area contributed by atoms with E-state index in [-0.39, 0.29) is 11.9 Å². The number of hydrogen-bond acceptors (Lipinski definition) is 4. The maximum atomic E-state index is 9.03. The zero-order valence-corrected chi connectivity index (χ0v) is 9.85. The molecule has 0 atom stereocenters. The van der Waals surface area contributed by atoms with Crippen LogP contribution in [0.1, 0.15) is 11.1 Å². The first-order chi connectivity index (χ1) is 8.28. The molecule has 0 aliphatic heterocycles. The standard InChI is InChI=1S/C12H12ClN3O/c13-12-14-5-4-11(16-12)15-7-9-2-1-3-10(6-9)8-17/h1-6,17H,7-8H2,(H,14,15,16). The summed E-state index contributed by atoms with van der Waals surface area (Å²) in [6, 6.07) is 9.47. The van der Waals surface area contributed by atoms with Crippen LogP contribution < -0.4 is 5.32 Å². The van der Waals surface area contributed by atoms with Gasteiger partial charge in [0.25, 0.3) is 0 Å². The van der Waals surface area contributed by atoms with Crippen LogP contribution >= 0.6 is 11.6 Å². The van der Waals surface area contributed by atoms with E-state index in [1.807, 2.05) is 24.3 Å². The van der Waals surface area contributed by atoms with Crippen molar-refractivity contribution in [1.29, 1.82) is 0 Å². The van der Waals surface area contributed by atoms with Gasteiger partial charge in [-0.05, 0) is 28.8 Å². The first-order valence-corrected chi connectivity index (χ1v) is 5.57. The topological polar surface area (TPSA) is 58.0 Å². The fourth-order valence-corrected chi connectivity index (χ4v) is 1.61. The van der Waals surface area contributed by atoms with Crippen LogP contribution in [0.2, 0.25) is 5.28 Å². The van der Waals surface area contributed by atoms with Gasteiger partial charge in [0.1, 0.15) is 5.82 Å². The zero-order chi connectivity index (χ0) is 12.1. The minimum atomic E-state index is 0.0488. The van der Waals surface area contributed by atoms with E-state index in [4.69, 9.17) is 16.7 Å². The molecule has 0 aliphatic carbocycles. The van der Waals surface area contributed by atoms with Gasteiger partial charge in [-0.3, -0.25) is 0 Å². The van der Waals surface area contributed by atoms with Crippen molar-refractivity contribution >= 4 is 17.4 Å². The summed E-state index contributed by atoms with van der Waals surface area (Å²) in [5.74, 6) is 0.680. The maximum Gasteiger partial charge on any atom is 0.224 e. The van der Waals surface area contributed by atoms with E-state index < -0.39 is 0 Å². The fraction of sp³-hybridized carbons (Fsp3) is 0.167. The number of aromatic nitrogens is 2. The van der Waals surface area contributed by atoms with Crippen LogP contribution in [-0.4, -0.2) is 15.1 Å². The Morgan fingerprint density at radius 3 is 2.82 bits per heavy atom. The lowest BCUT2D eigenvalue weighted by molar-refractivity contribution is 0.281. The summed E-state index contributed by atoms with van der Waals surface area (Å²) < 4.78 is 0. The molecular weight excluding hydrogens is 238 g/mol. The first-order valence-electron chi connectivity index (χ1n) is 5.19. The van der Waals surface area contributed by atoms with Crippen LogP contribution in [0, 0.1) is 0 Å². The molecular formula is C12H12ClN3O. The highest BCUT2D eigenvalue weighted by Gasteiger charge is 1.98. The molecule has 0 unspecified atom stereocenters. The predicted octanol–water partition coefficient (Wildman–Crippen LogP) is 2.23. The zero-order valence-electron chi connectivity index (χ0n) is 9.10. The smallest absolute Gasteiger partial charge is 0.224 e. The van der Waals surface area contributed by atoms with Gasteiger partial charge in [-0.1, -0.05) is 24.3 Å². The highest BCUT2D eigenvalue weighted by atomic mass is 35.5. The van der Waals surface area contributed by atoms with Crippen LogP contribution in [-0.2, 0) is 13.2 Å². The molecule has 17 heavy (non-hydrogen) atoms. The maximum absolute atomic E-state index is 9.03. The SMILES string of the molecule is OCc1cccc(CNc2ccnc(Cl)n2)c1. The molecule has 0 bridgehead atoms.